The summed E-state index contributed by atoms with van der Waals surface area (Å²) in [6.07, 6.45) is 0. The van der Waals surface area contributed by atoms with E-state index in [-0.39, 0.29) is 6.54 Å². The number of hydrogen-bond donors (Lipinski definition) is 4. The molecule has 0 saturated heterocycles. The van der Waals surface area contributed by atoms with Crippen LogP contribution in [-0.4, -0.2) is 46.8 Å². The van der Waals surface area contributed by atoms with Gasteiger partial charge in [0.05, 0.1) is 6.54 Å². The van der Waals surface area contributed by atoms with Gasteiger partial charge in [0, 0.05) is 0 Å². The molecule has 7 nitrogen and oxygen atoms in total. The van der Waals surface area contributed by atoms with Gasteiger partial charge in [0.1, 0.15) is 0 Å². The van der Waals surface area contributed by atoms with Gasteiger partial charge < -0.3 is 20.6 Å². The SMILES string of the molecule is CNCC(=O)O.O=C(O)C(=O)O. The van der Waals surface area contributed by atoms with Crippen LogP contribution in [0.15, 0.2) is 0 Å². The van der Waals surface area contributed by atoms with Gasteiger partial charge in [-0.1, -0.05) is 0 Å². The average molecular weight is 179 g/mol. The number of carboxylic acid groups (broad SMARTS) is 3. The van der Waals surface area contributed by atoms with Crippen molar-refractivity contribution in [3.8, 4) is 0 Å². The van der Waals surface area contributed by atoms with Crippen LogP contribution >= 0.6 is 0 Å². The van der Waals surface area contributed by atoms with Gasteiger partial charge in [0.25, 0.3) is 0 Å². The zero-order valence-corrected chi connectivity index (χ0v) is 6.27. The summed E-state index contributed by atoms with van der Waals surface area (Å²) in [4.78, 5) is 27.7. The van der Waals surface area contributed by atoms with Crippen molar-refractivity contribution in [1.29, 1.82) is 0 Å². The summed E-state index contributed by atoms with van der Waals surface area (Å²) in [7, 11) is 1.59. The second-order valence-electron chi connectivity index (χ2n) is 1.53. The van der Waals surface area contributed by atoms with Crippen LogP contribution < -0.4 is 5.32 Å². The molecule has 0 radical (unpaired) electrons. The molecule has 0 aliphatic carbocycles. The number of carbonyl (C=O) groups is 3. The Kier molecular flexibility index (Phi) is 8.10. The van der Waals surface area contributed by atoms with E-state index in [9.17, 15) is 4.79 Å². The maximum absolute atomic E-state index is 9.54. The van der Waals surface area contributed by atoms with Crippen LogP contribution in [0, 0.1) is 0 Å². The quantitative estimate of drug-likeness (QED) is 0.378. The zero-order chi connectivity index (χ0) is 10.1. The summed E-state index contributed by atoms with van der Waals surface area (Å²) in [6.45, 7) is 0.0417. The van der Waals surface area contributed by atoms with Gasteiger partial charge in [-0.25, -0.2) is 9.59 Å². The van der Waals surface area contributed by atoms with Gasteiger partial charge in [-0.2, -0.15) is 0 Å². The van der Waals surface area contributed by atoms with Gasteiger partial charge in [-0.15, -0.1) is 0 Å². The Bertz CT molecular complexity index is 165. The van der Waals surface area contributed by atoms with Gasteiger partial charge in [0.15, 0.2) is 0 Å². The Hall–Kier alpha value is -1.63. The molecule has 0 rings (SSSR count). The zero-order valence-electron chi connectivity index (χ0n) is 6.27. The van der Waals surface area contributed by atoms with Crippen molar-refractivity contribution in [2.45, 2.75) is 0 Å². The van der Waals surface area contributed by atoms with E-state index in [0.29, 0.717) is 0 Å². The number of likely N-dealkylation sites (N-methyl/N-ethyl adjacent to an activating group) is 1. The van der Waals surface area contributed by atoms with Crippen molar-refractivity contribution in [3.05, 3.63) is 0 Å². The first-order chi connectivity index (χ1) is 5.41. The highest BCUT2D eigenvalue weighted by Gasteiger charge is 2.04. The molecular weight excluding hydrogens is 170 g/mol. The number of aliphatic carboxylic acids is 3. The lowest BCUT2D eigenvalue weighted by Crippen LogP contribution is -2.16. The van der Waals surface area contributed by atoms with E-state index in [1.165, 1.54) is 0 Å². The largest absolute Gasteiger partial charge is 0.480 e. The van der Waals surface area contributed by atoms with Crippen LogP contribution in [0.5, 0.6) is 0 Å². The summed E-state index contributed by atoms with van der Waals surface area (Å²) < 4.78 is 0. The van der Waals surface area contributed by atoms with Crippen molar-refractivity contribution < 1.29 is 29.7 Å². The lowest BCUT2D eigenvalue weighted by Gasteiger charge is -1.84. The lowest BCUT2D eigenvalue weighted by molar-refractivity contribution is -0.159. The van der Waals surface area contributed by atoms with Gasteiger partial charge in [0.2, 0.25) is 0 Å². The monoisotopic (exact) mass is 179 g/mol. The van der Waals surface area contributed by atoms with Crippen LogP contribution in [0.2, 0.25) is 0 Å². The molecule has 0 heterocycles. The first kappa shape index (κ1) is 13.0. The molecule has 0 bridgehead atoms. The third-order valence-electron chi connectivity index (χ3n) is 0.511. The van der Waals surface area contributed by atoms with Crippen LogP contribution in [0.4, 0.5) is 0 Å². The van der Waals surface area contributed by atoms with E-state index in [4.69, 9.17) is 24.9 Å². The average Bonchev–Trinajstić information content (AvgIpc) is 1.87. The minimum Gasteiger partial charge on any atom is -0.480 e. The molecule has 0 aromatic heterocycles. The standard InChI is InChI=1S/C3H7NO2.C2H2O4/c1-4-2-3(5)6;3-1(4)2(5)6/h4H,2H2,1H3,(H,5,6);(H,3,4)(H,5,6). The fraction of sp³-hybridized carbons (Fsp3) is 0.400. The van der Waals surface area contributed by atoms with E-state index in [0.717, 1.165) is 0 Å². The highest BCUT2D eigenvalue weighted by atomic mass is 16.4. The molecule has 0 atom stereocenters. The molecule has 0 aromatic rings. The first-order valence-electron chi connectivity index (χ1n) is 2.74. The molecule has 7 heteroatoms. The van der Waals surface area contributed by atoms with E-state index in [1.54, 1.807) is 7.05 Å². The van der Waals surface area contributed by atoms with Crippen LogP contribution in [0.3, 0.4) is 0 Å². The molecule has 0 fully saturated rings. The molecule has 0 aliphatic rings. The highest BCUT2D eigenvalue weighted by Crippen LogP contribution is 1.56. The second-order valence-corrected chi connectivity index (χ2v) is 1.53. The fourth-order valence-electron chi connectivity index (χ4n) is 0.151. The van der Waals surface area contributed by atoms with E-state index in [1.807, 2.05) is 0 Å². The number of nitrogens with one attached hydrogen (secondary N) is 1. The minimum absolute atomic E-state index is 0.0417. The molecule has 12 heavy (non-hydrogen) atoms. The minimum atomic E-state index is -1.82. The number of carboxylic acids is 3. The van der Waals surface area contributed by atoms with E-state index < -0.39 is 17.9 Å². The van der Waals surface area contributed by atoms with E-state index in [2.05, 4.69) is 5.32 Å². The predicted octanol–water partition coefficient (Wildman–Crippen LogP) is -1.55. The maximum atomic E-state index is 9.54. The van der Waals surface area contributed by atoms with Gasteiger partial charge >= 0.3 is 17.9 Å². The fourth-order valence-corrected chi connectivity index (χ4v) is 0.151. The van der Waals surface area contributed by atoms with Crippen molar-refractivity contribution >= 4 is 17.9 Å². The third kappa shape index (κ3) is 15.8. The van der Waals surface area contributed by atoms with E-state index >= 15 is 0 Å². The van der Waals surface area contributed by atoms with Crippen molar-refractivity contribution in [2.24, 2.45) is 0 Å². The van der Waals surface area contributed by atoms with Crippen molar-refractivity contribution in [3.63, 3.8) is 0 Å². The first-order valence-corrected chi connectivity index (χ1v) is 2.74. The molecule has 0 spiro atoms. The summed E-state index contributed by atoms with van der Waals surface area (Å²) >= 11 is 0. The molecule has 0 aromatic carbocycles. The molecule has 0 saturated carbocycles. The molecule has 4 N–H and O–H groups in total. The molecule has 70 valence electrons. The number of hydrogen-bond acceptors (Lipinski definition) is 4. The van der Waals surface area contributed by atoms with Crippen LogP contribution in [0.1, 0.15) is 0 Å². The maximum Gasteiger partial charge on any atom is 0.414 e. The van der Waals surface area contributed by atoms with Crippen LogP contribution in [0.25, 0.3) is 0 Å². The summed E-state index contributed by atoms with van der Waals surface area (Å²) in [5.74, 6) is -4.47. The molecule has 0 unspecified atom stereocenters. The normalized spacial score (nSPS) is 7.75. The Balaban J connectivity index is 0. The van der Waals surface area contributed by atoms with Gasteiger partial charge in [-0.05, 0) is 7.05 Å². The topological polar surface area (TPSA) is 124 Å². The Morgan fingerprint density at radius 1 is 1.08 bits per heavy atom. The van der Waals surface area contributed by atoms with Crippen molar-refractivity contribution in [2.75, 3.05) is 13.6 Å². The Morgan fingerprint density at radius 2 is 1.42 bits per heavy atom. The molecule has 0 amide bonds. The Labute approximate surface area is 67.6 Å². The summed E-state index contributed by atoms with van der Waals surface area (Å²) in [6, 6.07) is 0. The third-order valence-corrected chi connectivity index (χ3v) is 0.511. The smallest absolute Gasteiger partial charge is 0.414 e. The highest BCUT2D eigenvalue weighted by molar-refractivity contribution is 6.27. The second kappa shape index (κ2) is 7.48. The molecular formula is C5H9NO6. The van der Waals surface area contributed by atoms with Crippen molar-refractivity contribution in [1.82, 2.24) is 5.32 Å². The summed E-state index contributed by atoms with van der Waals surface area (Å²) in [5, 5.41) is 25.1. The van der Waals surface area contributed by atoms with Gasteiger partial charge in [-0.3, -0.25) is 4.79 Å². The molecule has 0 aliphatic heterocycles. The Morgan fingerprint density at radius 3 is 1.42 bits per heavy atom. The van der Waals surface area contributed by atoms with Crippen LogP contribution in [-0.2, 0) is 14.4 Å². The summed E-state index contributed by atoms with van der Waals surface area (Å²) in [5.41, 5.74) is 0. The predicted molar refractivity (Wildman–Crippen MR) is 36.8 cm³/mol. The lowest BCUT2D eigenvalue weighted by atomic mass is 10.7. The number of rotatable bonds is 2.